The molecule has 2 rings (SSSR count). The van der Waals surface area contributed by atoms with Crippen LogP contribution < -0.4 is 10.6 Å². The van der Waals surface area contributed by atoms with Gasteiger partial charge in [0.05, 0.1) is 0 Å². The predicted octanol–water partition coefficient (Wildman–Crippen LogP) is 1.28. The second-order valence-electron chi connectivity index (χ2n) is 6.37. The van der Waals surface area contributed by atoms with Crippen molar-refractivity contribution in [2.75, 3.05) is 26.2 Å². The van der Waals surface area contributed by atoms with E-state index < -0.39 is 0 Å². The van der Waals surface area contributed by atoms with Crippen molar-refractivity contribution >= 4 is 11.8 Å². The number of piperidine rings is 1. The Hall–Kier alpha value is -1.10. The number of hydrogen-bond acceptors (Lipinski definition) is 3. The van der Waals surface area contributed by atoms with Crippen LogP contribution in [-0.4, -0.2) is 48.9 Å². The molecule has 2 aliphatic heterocycles. The first-order valence-electron chi connectivity index (χ1n) is 8.47. The predicted molar refractivity (Wildman–Crippen MR) is 82.9 cm³/mol. The monoisotopic (exact) mass is 295 g/mol. The Kier molecular flexibility index (Phi) is 6.49. The van der Waals surface area contributed by atoms with Crippen LogP contribution in [0.5, 0.6) is 0 Å². The lowest BCUT2D eigenvalue weighted by atomic mass is 10.0. The molecule has 21 heavy (non-hydrogen) atoms. The van der Waals surface area contributed by atoms with Crippen LogP contribution in [0.1, 0.15) is 51.9 Å². The van der Waals surface area contributed by atoms with E-state index >= 15 is 0 Å². The minimum absolute atomic E-state index is 0.149. The summed E-state index contributed by atoms with van der Waals surface area (Å²) in [5, 5.41) is 6.42. The molecule has 5 heteroatoms. The van der Waals surface area contributed by atoms with Crippen LogP contribution in [0.25, 0.3) is 0 Å². The van der Waals surface area contributed by atoms with Gasteiger partial charge in [-0.3, -0.25) is 9.59 Å². The molecule has 0 saturated carbocycles. The summed E-state index contributed by atoms with van der Waals surface area (Å²) >= 11 is 0. The van der Waals surface area contributed by atoms with Crippen molar-refractivity contribution in [2.45, 2.75) is 57.9 Å². The van der Waals surface area contributed by atoms with E-state index in [2.05, 4.69) is 10.6 Å². The second kappa shape index (κ2) is 8.37. The van der Waals surface area contributed by atoms with E-state index in [-0.39, 0.29) is 11.9 Å². The highest BCUT2D eigenvalue weighted by molar-refractivity contribution is 5.77. The van der Waals surface area contributed by atoms with Crippen LogP contribution in [0.2, 0.25) is 0 Å². The molecule has 2 fully saturated rings. The molecule has 1 atom stereocenters. The highest BCUT2D eigenvalue weighted by Gasteiger charge is 2.24. The third-order valence-electron chi connectivity index (χ3n) is 4.62. The molecule has 0 aromatic rings. The average molecular weight is 295 g/mol. The quantitative estimate of drug-likeness (QED) is 0.776. The first-order valence-corrected chi connectivity index (χ1v) is 8.47. The molecule has 2 aliphatic rings. The SMILES string of the molecule is CCCC(=O)NC1CCN(C(=O)CCC2CCNC2)CC1. The summed E-state index contributed by atoms with van der Waals surface area (Å²) in [6.07, 6.45) is 6.18. The third kappa shape index (κ3) is 5.30. The van der Waals surface area contributed by atoms with E-state index in [1.54, 1.807) is 0 Å². The summed E-state index contributed by atoms with van der Waals surface area (Å²) < 4.78 is 0. The zero-order valence-electron chi connectivity index (χ0n) is 13.2. The normalized spacial score (nSPS) is 23.3. The lowest BCUT2D eigenvalue weighted by Crippen LogP contribution is -2.46. The minimum atomic E-state index is 0.149. The Morgan fingerprint density at radius 1 is 1.19 bits per heavy atom. The van der Waals surface area contributed by atoms with E-state index in [1.165, 1.54) is 6.42 Å². The van der Waals surface area contributed by atoms with Gasteiger partial charge in [-0.2, -0.15) is 0 Å². The third-order valence-corrected chi connectivity index (χ3v) is 4.62. The van der Waals surface area contributed by atoms with Gasteiger partial charge in [-0.25, -0.2) is 0 Å². The van der Waals surface area contributed by atoms with Gasteiger partial charge < -0.3 is 15.5 Å². The fraction of sp³-hybridized carbons (Fsp3) is 0.875. The maximum atomic E-state index is 12.2. The standard InChI is InChI=1S/C16H29N3O2/c1-2-3-15(20)18-14-7-10-19(11-8-14)16(21)5-4-13-6-9-17-12-13/h13-14,17H,2-12H2,1H3,(H,18,20). The van der Waals surface area contributed by atoms with Gasteiger partial charge in [0.25, 0.3) is 0 Å². The molecule has 0 spiro atoms. The Labute approximate surface area is 127 Å². The van der Waals surface area contributed by atoms with Gasteiger partial charge in [-0.1, -0.05) is 6.92 Å². The maximum Gasteiger partial charge on any atom is 0.222 e. The van der Waals surface area contributed by atoms with E-state index in [0.29, 0.717) is 24.7 Å². The van der Waals surface area contributed by atoms with Crippen LogP contribution in [0, 0.1) is 5.92 Å². The molecule has 0 bridgehead atoms. The van der Waals surface area contributed by atoms with Gasteiger partial charge >= 0.3 is 0 Å². The van der Waals surface area contributed by atoms with E-state index in [4.69, 9.17) is 0 Å². The van der Waals surface area contributed by atoms with Gasteiger partial charge in [0.2, 0.25) is 11.8 Å². The van der Waals surface area contributed by atoms with Crippen LogP contribution in [0.15, 0.2) is 0 Å². The van der Waals surface area contributed by atoms with E-state index in [0.717, 1.165) is 51.9 Å². The number of nitrogens with one attached hydrogen (secondary N) is 2. The largest absolute Gasteiger partial charge is 0.353 e. The van der Waals surface area contributed by atoms with Gasteiger partial charge in [-0.15, -0.1) is 0 Å². The highest BCUT2D eigenvalue weighted by Crippen LogP contribution is 2.17. The number of carbonyl (C=O) groups excluding carboxylic acids is 2. The fourth-order valence-corrected chi connectivity index (χ4v) is 3.25. The lowest BCUT2D eigenvalue weighted by Gasteiger charge is -2.32. The van der Waals surface area contributed by atoms with Crippen LogP contribution in [-0.2, 0) is 9.59 Å². The summed E-state index contributed by atoms with van der Waals surface area (Å²) in [6.45, 7) is 5.76. The Balaban J connectivity index is 1.63. The topological polar surface area (TPSA) is 61.4 Å². The number of likely N-dealkylation sites (tertiary alicyclic amines) is 1. The highest BCUT2D eigenvalue weighted by atomic mass is 16.2. The average Bonchev–Trinajstić information content (AvgIpc) is 2.99. The van der Waals surface area contributed by atoms with Crippen molar-refractivity contribution in [3.8, 4) is 0 Å². The zero-order chi connectivity index (χ0) is 15.1. The van der Waals surface area contributed by atoms with E-state index in [9.17, 15) is 9.59 Å². The Morgan fingerprint density at radius 3 is 2.57 bits per heavy atom. The van der Waals surface area contributed by atoms with E-state index in [1.807, 2.05) is 11.8 Å². The first kappa shape index (κ1) is 16.3. The van der Waals surface area contributed by atoms with Gasteiger partial charge in [0, 0.05) is 32.0 Å². The van der Waals surface area contributed by atoms with Gasteiger partial charge in [-0.05, 0) is 51.1 Å². The van der Waals surface area contributed by atoms with Crippen molar-refractivity contribution in [1.29, 1.82) is 0 Å². The number of nitrogens with zero attached hydrogens (tertiary/aromatic N) is 1. The number of rotatable bonds is 6. The molecule has 120 valence electrons. The maximum absolute atomic E-state index is 12.2. The molecule has 2 saturated heterocycles. The summed E-state index contributed by atoms with van der Waals surface area (Å²) in [5.41, 5.74) is 0. The van der Waals surface area contributed by atoms with Crippen LogP contribution in [0.3, 0.4) is 0 Å². The van der Waals surface area contributed by atoms with Crippen LogP contribution in [0.4, 0.5) is 0 Å². The van der Waals surface area contributed by atoms with Gasteiger partial charge in [0.1, 0.15) is 0 Å². The molecule has 5 nitrogen and oxygen atoms in total. The molecule has 1 unspecified atom stereocenters. The lowest BCUT2D eigenvalue weighted by molar-refractivity contribution is -0.132. The number of carbonyl (C=O) groups is 2. The molecule has 0 aromatic carbocycles. The zero-order valence-corrected chi connectivity index (χ0v) is 13.2. The summed E-state index contributed by atoms with van der Waals surface area (Å²) in [7, 11) is 0. The fourth-order valence-electron chi connectivity index (χ4n) is 3.25. The molecule has 2 heterocycles. The molecule has 0 aliphatic carbocycles. The summed E-state index contributed by atoms with van der Waals surface area (Å²) in [6, 6.07) is 0.257. The summed E-state index contributed by atoms with van der Waals surface area (Å²) in [4.78, 5) is 25.8. The molecular weight excluding hydrogens is 266 g/mol. The van der Waals surface area contributed by atoms with Crippen molar-refractivity contribution in [1.82, 2.24) is 15.5 Å². The Morgan fingerprint density at radius 2 is 1.95 bits per heavy atom. The minimum Gasteiger partial charge on any atom is -0.353 e. The van der Waals surface area contributed by atoms with Gasteiger partial charge in [0.15, 0.2) is 0 Å². The van der Waals surface area contributed by atoms with Crippen LogP contribution >= 0.6 is 0 Å². The van der Waals surface area contributed by atoms with Crippen molar-refractivity contribution in [3.05, 3.63) is 0 Å². The molecule has 2 N–H and O–H groups in total. The Bertz CT molecular complexity index is 345. The van der Waals surface area contributed by atoms with Crippen molar-refractivity contribution in [2.24, 2.45) is 5.92 Å². The van der Waals surface area contributed by atoms with Crippen molar-refractivity contribution in [3.63, 3.8) is 0 Å². The molecular formula is C16H29N3O2. The van der Waals surface area contributed by atoms with Crippen molar-refractivity contribution < 1.29 is 9.59 Å². The first-order chi connectivity index (χ1) is 10.2. The smallest absolute Gasteiger partial charge is 0.222 e. The second-order valence-corrected chi connectivity index (χ2v) is 6.37. The number of hydrogen-bond donors (Lipinski definition) is 2. The summed E-state index contributed by atoms with van der Waals surface area (Å²) in [5.74, 6) is 1.12. The number of amides is 2. The molecule has 0 radical (unpaired) electrons. The molecule has 0 aromatic heterocycles. The molecule has 2 amide bonds.